The lowest BCUT2D eigenvalue weighted by molar-refractivity contribution is -0.954. The van der Waals surface area contributed by atoms with Crippen LogP contribution < -0.4 is 10.5 Å². The van der Waals surface area contributed by atoms with Crippen molar-refractivity contribution in [2.24, 2.45) is 0 Å². The second kappa shape index (κ2) is 8.54. The van der Waals surface area contributed by atoms with E-state index in [0.717, 1.165) is 28.8 Å². The molecule has 1 atom stereocenters. The number of quaternary nitrogens is 1. The van der Waals surface area contributed by atoms with Crippen molar-refractivity contribution in [3.05, 3.63) is 51.1 Å². The second-order valence-electron chi connectivity index (χ2n) is 10.2. The van der Waals surface area contributed by atoms with Crippen molar-refractivity contribution in [1.29, 1.82) is 0 Å². The Morgan fingerprint density at radius 3 is 2.48 bits per heavy atom. The van der Waals surface area contributed by atoms with Crippen molar-refractivity contribution < 1.29 is 4.90 Å². The first kappa shape index (κ1) is 21.7. The normalized spacial score (nSPS) is 16.7. The lowest BCUT2D eigenvalue weighted by atomic mass is 9.93. The molecule has 0 amide bonds. The highest BCUT2D eigenvalue weighted by Gasteiger charge is 2.29. The number of hydrogen-bond donors (Lipinski definition) is 2. The van der Waals surface area contributed by atoms with Crippen molar-refractivity contribution in [2.45, 2.75) is 91.4 Å². The summed E-state index contributed by atoms with van der Waals surface area (Å²) in [6.45, 7) is 11.9. The summed E-state index contributed by atoms with van der Waals surface area (Å²) >= 11 is 0. The van der Waals surface area contributed by atoms with Crippen LogP contribution in [0.3, 0.4) is 0 Å². The van der Waals surface area contributed by atoms with Gasteiger partial charge < -0.3 is 9.88 Å². The molecule has 1 saturated carbocycles. The van der Waals surface area contributed by atoms with Gasteiger partial charge in [0.25, 0.3) is 5.56 Å². The molecule has 0 spiro atoms. The van der Waals surface area contributed by atoms with Gasteiger partial charge in [-0.1, -0.05) is 6.42 Å². The zero-order valence-corrected chi connectivity index (χ0v) is 19.5. The summed E-state index contributed by atoms with van der Waals surface area (Å²) in [5.74, 6) is 0.886. The molecule has 1 aromatic carbocycles. The van der Waals surface area contributed by atoms with Crippen molar-refractivity contribution in [1.82, 2.24) is 25.2 Å². The van der Waals surface area contributed by atoms with Crippen LogP contribution in [0.25, 0.3) is 10.9 Å². The van der Waals surface area contributed by atoms with Crippen LogP contribution in [-0.2, 0) is 18.6 Å². The predicted molar refractivity (Wildman–Crippen MR) is 122 cm³/mol. The van der Waals surface area contributed by atoms with Crippen LogP contribution in [0.4, 0.5) is 0 Å². The maximum absolute atomic E-state index is 13.0. The fourth-order valence-corrected chi connectivity index (χ4v) is 4.80. The Balaban J connectivity index is 1.68. The lowest BCUT2D eigenvalue weighted by Gasteiger charge is -2.31. The highest BCUT2D eigenvalue weighted by atomic mass is 16.1. The number of nitrogens with zero attached hydrogens (tertiary/aromatic N) is 4. The van der Waals surface area contributed by atoms with E-state index in [0.29, 0.717) is 12.6 Å². The van der Waals surface area contributed by atoms with Crippen LogP contribution in [-0.4, -0.2) is 31.2 Å². The molecule has 1 unspecified atom stereocenters. The number of hydrogen-bond acceptors (Lipinski definition) is 4. The van der Waals surface area contributed by atoms with Gasteiger partial charge in [0.1, 0.15) is 13.1 Å². The molecule has 1 aliphatic carbocycles. The van der Waals surface area contributed by atoms with Crippen LogP contribution in [0.2, 0.25) is 0 Å². The van der Waals surface area contributed by atoms with Crippen molar-refractivity contribution in [3.8, 4) is 0 Å². The van der Waals surface area contributed by atoms with Crippen molar-refractivity contribution in [3.63, 3.8) is 0 Å². The van der Waals surface area contributed by atoms with Crippen LogP contribution in [0.15, 0.2) is 23.0 Å². The van der Waals surface area contributed by atoms with Gasteiger partial charge in [0.05, 0.1) is 17.1 Å². The summed E-state index contributed by atoms with van der Waals surface area (Å²) in [4.78, 5) is 17.5. The predicted octanol–water partition coefficient (Wildman–Crippen LogP) is 2.80. The molecule has 1 aliphatic rings. The number of benzene rings is 1. The van der Waals surface area contributed by atoms with E-state index in [1.54, 1.807) is 0 Å². The number of rotatable bonds is 5. The number of tetrazole rings is 1. The van der Waals surface area contributed by atoms with Crippen molar-refractivity contribution in [2.75, 3.05) is 0 Å². The van der Waals surface area contributed by atoms with E-state index < -0.39 is 0 Å². The Morgan fingerprint density at radius 1 is 1.06 bits per heavy atom. The molecule has 1 fully saturated rings. The van der Waals surface area contributed by atoms with Gasteiger partial charge >= 0.3 is 0 Å². The van der Waals surface area contributed by atoms with Crippen LogP contribution in [0.5, 0.6) is 0 Å². The summed E-state index contributed by atoms with van der Waals surface area (Å²) in [7, 11) is 0. The van der Waals surface area contributed by atoms with E-state index in [1.807, 2.05) is 4.68 Å². The second-order valence-corrected chi connectivity index (χ2v) is 10.2. The van der Waals surface area contributed by atoms with E-state index in [4.69, 9.17) is 0 Å². The third-order valence-electron chi connectivity index (χ3n) is 6.69. The molecule has 0 aliphatic heterocycles. The molecule has 0 saturated heterocycles. The number of aryl methyl sites for hydroxylation is 2. The Morgan fingerprint density at radius 2 is 1.77 bits per heavy atom. The van der Waals surface area contributed by atoms with E-state index in [1.165, 1.54) is 48.1 Å². The Labute approximate surface area is 183 Å². The van der Waals surface area contributed by atoms with Crippen molar-refractivity contribution >= 4 is 10.9 Å². The first-order valence-electron chi connectivity index (χ1n) is 11.5. The minimum Gasteiger partial charge on any atom is -0.322 e. The van der Waals surface area contributed by atoms with Crippen LogP contribution in [0, 0.1) is 13.8 Å². The molecule has 0 bridgehead atoms. The smallest absolute Gasteiger partial charge is 0.257 e. The number of fused-ring (bicyclic) bond motifs is 1. The lowest BCUT2D eigenvalue weighted by Crippen LogP contribution is -3.13. The average molecular weight is 424 g/mol. The molecule has 31 heavy (non-hydrogen) atoms. The summed E-state index contributed by atoms with van der Waals surface area (Å²) < 4.78 is 1.92. The van der Waals surface area contributed by atoms with Gasteiger partial charge in [-0.25, -0.2) is 4.68 Å². The topological polar surface area (TPSA) is 80.9 Å². The quantitative estimate of drug-likeness (QED) is 0.661. The largest absolute Gasteiger partial charge is 0.322 e. The molecule has 2 aromatic heterocycles. The molecule has 166 valence electrons. The molecule has 2 heterocycles. The fourth-order valence-electron chi connectivity index (χ4n) is 4.80. The fraction of sp³-hybridized carbons (Fsp3) is 0.583. The molecule has 7 heteroatoms. The zero-order valence-electron chi connectivity index (χ0n) is 19.5. The SMILES string of the molecule is Cc1cc2cc(C[NH+](Cc3nnnn3C(C)(C)C)C3CCCCC3)c(=O)[nH]c2cc1C. The standard InChI is InChI=1S/C24H34N6O/c1-16-11-18-13-19(23(31)25-21(18)12-17(16)2)14-29(20-9-7-6-8-10-20)15-22-26-27-28-30(22)24(3,4)5/h11-13,20H,6-10,14-15H2,1-5H3,(H,25,31)/p+1. The van der Waals surface area contributed by atoms with Gasteiger partial charge in [0.15, 0.2) is 0 Å². The average Bonchev–Trinajstić information content (AvgIpc) is 3.19. The molecular weight excluding hydrogens is 388 g/mol. The Bertz CT molecular complexity index is 1120. The van der Waals surface area contributed by atoms with Gasteiger partial charge in [-0.2, -0.15) is 0 Å². The minimum atomic E-state index is -0.174. The Hall–Kier alpha value is -2.54. The van der Waals surface area contributed by atoms with E-state index in [-0.39, 0.29) is 11.1 Å². The molecule has 0 radical (unpaired) electrons. The summed E-state index contributed by atoms with van der Waals surface area (Å²) in [6.07, 6.45) is 6.20. The zero-order chi connectivity index (χ0) is 22.2. The van der Waals surface area contributed by atoms with E-state index in [2.05, 4.69) is 73.3 Å². The Kier molecular flexibility index (Phi) is 5.97. The van der Waals surface area contributed by atoms with Gasteiger partial charge in [-0.3, -0.25) is 4.79 Å². The van der Waals surface area contributed by atoms with Gasteiger partial charge in [-0.15, -0.1) is 5.10 Å². The molecule has 2 N–H and O–H groups in total. The molecule has 7 nitrogen and oxygen atoms in total. The van der Waals surface area contributed by atoms with Gasteiger partial charge in [-0.05, 0) is 105 Å². The minimum absolute atomic E-state index is 0.0134. The number of nitrogens with one attached hydrogen (secondary N) is 2. The van der Waals surface area contributed by atoms with Crippen LogP contribution in [0.1, 0.15) is 75.4 Å². The first-order chi connectivity index (χ1) is 14.7. The third kappa shape index (κ3) is 4.71. The number of pyridine rings is 1. The maximum Gasteiger partial charge on any atom is 0.257 e. The molecular formula is C24H35N6O+. The maximum atomic E-state index is 13.0. The molecule has 3 aromatic rings. The van der Waals surface area contributed by atoms with Gasteiger partial charge in [0.2, 0.25) is 5.82 Å². The number of aromatic amines is 1. The summed E-state index contributed by atoms with van der Waals surface area (Å²) in [5, 5.41) is 13.6. The van der Waals surface area contributed by atoms with Crippen LogP contribution >= 0.6 is 0 Å². The summed E-state index contributed by atoms with van der Waals surface area (Å²) in [5.41, 5.74) is 4.02. The van der Waals surface area contributed by atoms with Gasteiger partial charge in [0, 0.05) is 5.52 Å². The first-order valence-corrected chi connectivity index (χ1v) is 11.5. The highest BCUT2D eigenvalue weighted by Crippen LogP contribution is 2.19. The summed E-state index contributed by atoms with van der Waals surface area (Å²) in [6, 6.07) is 6.84. The third-order valence-corrected chi connectivity index (χ3v) is 6.69. The van der Waals surface area contributed by atoms with E-state index in [9.17, 15) is 4.79 Å². The highest BCUT2D eigenvalue weighted by molar-refractivity contribution is 5.80. The monoisotopic (exact) mass is 423 g/mol. The van der Waals surface area contributed by atoms with E-state index >= 15 is 0 Å². The number of aromatic nitrogens is 5. The number of H-pyrrole nitrogens is 1. The molecule has 4 rings (SSSR count).